The van der Waals surface area contributed by atoms with Crippen LogP contribution in [0.15, 0.2) is 48.5 Å². The summed E-state index contributed by atoms with van der Waals surface area (Å²) in [6, 6.07) is 12.9. The van der Waals surface area contributed by atoms with Crippen molar-refractivity contribution in [3.63, 3.8) is 0 Å². The zero-order valence-electron chi connectivity index (χ0n) is 11.0. The Bertz CT molecular complexity index is 735. The van der Waals surface area contributed by atoms with Crippen molar-refractivity contribution < 1.29 is 13.9 Å². The van der Waals surface area contributed by atoms with Gasteiger partial charge in [0.25, 0.3) is 5.91 Å². The lowest BCUT2D eigenvalue weighted by Crippen LogP contribution is -2.20. The van der Waals surface area contributed by atoms with Gasteiger partial charge in [-0.05, 0) is 36.4 Å². The fourth-order valence-electron chi connectivity index (χ4n) is 1.86. The third-order valence-corrected chi connectivity index (χ3v) is 2.83. The normalized spacial score (nSPS) is 10.5. The molecule has 3 rings (SSSR count). The lowest BCUT2D eigenvalue weighted by atomic mass is 10.3. The lowest BCUT2D eigenvalue weighted by molar-refractivity contribution is -0.118. The summed E-state index contributed by atoms with van der Waals surface area (Å²) < 4.78 is 18.0. The van der Waals surface area contributed by atoms with Crippen LogP contribution in [0.5, 0.6) is 5.75 Å². The number of halogens is 1. The van der Waals surface area contributed by atoms with Gasteiger partial charge in [0.05, 0.1) is 11.0 Å². The van der Waals surface area contributed by atoms with Gasteiger partial charge in [0, 0.05) is 0 Å². The zero-order chi connectivity index (χ0) is 14.7. The number of carbonyl (C=O) groups is 1. The second kappa shape index (κ2) is 5.62. The maximum atomic E-state index is 12.7. The quantitative estimate of drug-likeness (QED) is 0.774. The molecular weight excluding hydrogens is 273 g/mol. The van der Waals surface area contributed by atoms with Crippen molar-refractivity contribution >= 4 is 22.9 Å². The molecule has 2 N–H and O–H groups in total. The molecule has 0 aliphatic carbocycles. The van der Waals surface area contributed by atoms with Gasteiger partial charge in [-0.25, -0.2) is 9.37 Å². The number of ether oxygens (including phenoxy) is 1. The highest BCUT2D eigenvalue weighted by molar-refractivity contribution is 5.92. The minimum Gasteiger partial charge on any atom is -0.484 e. The number of H-pyrrole nitrogens is 1. The number of carbonyl (C=O) groups excluding carboxylic acids is 1. The van der Waals surface area contributed by atoms with Crippen LogP contribution in [0.2, 0.25) is 0 Å². The first-order valence-electron chi connectivity index (χ1n) is 6.34. The molecule has 3 aromatic rings. The minimum atomic E-state index is -0.353. The van der Waals surface area contributed by atoms with Crippen LogP contribution in [0.4, 0.5) is 10.3 Å². The molecule has 0 aliphatic rings. The minimum absolute atomic E-state index is 0.178. The van der Waals surface area contributed by atoms with Gasteiger partial charge in [-0.2, -0.15) is 0 Å². The number of rotatable bonds is 4. The van der Waals surface area contributed by atoms with E-state index in [0.29, 0.717) is 11.7 Å². The molecule has 6 heteroatoms. The number of imidazole rings is 1. The van der Waals surface area contributed by atoms with Gasteiger partial charge >= 0.3 is 0 Å². The van der Waals surface area contributed by atoms with E-state index in [4.69, 9.17) is 4.74 Å². The van der Waals surface area contributed by atoms with Crippen LogP contribution in [0, 0.1) is 5.82 Å². The first-order valence-corrected chi connectivity index (χ1v) is 6.34. The summed E-state index contributed by atoms with van der Waals surface area (Å²) in [6.07, 6.45) is 0. The third kappa shape index (κ3) is 3.17. The summed E-state index contributed by atoms with van der Waals surface area (Å²) in [4.78, 5) is 19.0. The van der Waals surface area contributed by atoms with Gasteiger partial charge in [-0.3, -0.25) is 10.1 Å². The zero-order valence-corrected chi connectivity index (χ0v) is 11.0. The van der Waals surface area contributed by atoms with Gasteiger partial charge in [-0.1, -0.05) is 12.1 Å². The number of aromatic amines is 1. The van der Waals surface area contributed by atoms with Gasteiger partial charge in [0.15, 0.2) is 6.61 Å². The van der Waals surface area contributed by atoms with Gasteiger partial charge in [-0.15, -0.1) is 0 Å². The molecule has 0 aliphatic heterocycles. The maximum absolute atomic E-state index is 12.7. The fourth-order valence-corrected chi connectivity index (χ4v) is 1.86. The summed E-state index contributed by atoms with van der Waals surface area (Å²) in [5, 5.41) is 2.61. The van der Waals surface area contributed by atoms with Crippen molar-refractivity contribution in [1.29, 1.82) is 0 Å². The molecule has 21 heavy (non-hydrogen) atoms. The molecule has 0 spiro atoms. The number of anilines is 1. The number of nitrogens with zero attached hydrogens (tertiary/aromatic N) is 1. The van der Waals surface area contributed by atoms with Crippen LogP contribution in [0.1, 0.15) is 0 Å². The monoisotopic (exact) mass is 285 g/mol. The number of aromatic nitrogens is 2. The van der Waals surface area contributed by atoms with Crippen molar-refractivity contribution in [2.75, 3.05) is 11.9 Å². The Hall–Kier alpha value is -2.89. The summed E-state index contributed by atoms with van der Waals surface area (Å²) in [5.41, 5.74) is 1.61. The van der Waals surface area contributed by atoms with Crippen LogP contribution in [0.25, 0.3) is 11.0 Å². The van der Waals surface area contributed by atoms with Crippen molar-refractivity contribution in [1.82, 2.24) is 9.97 Å². The Morgan fingerprint density at radius 3 is 2.71 bits per heavy atom. The van der Waals surface area contributed by atoms with E-state index in [1.807, 2.05) is 24.3 Å². The van der Waals surface area contributed by atoms with Crippen molar-refractivity contribution in [2.24, 2.45) is 0 Å². The Kier molecular flexibility index (Phi) is 3.51. The summed E-state index contributed by atoms with van der Waals surface area (Å²) in [6.45, 7) is -0.178. The largest absolute Gasteiger partial charge is 0.484 e. The number of nitrogens with one attached hydrogen (secondary N) is 2. The van der Waals surface area contributed by atoms with Crippen LogP contribution in [-0.4, -0.2) is 22.5 Å². The molecule has 0 atom stereocenters. The van der Waals surface area contributed by atoms with E-state index in [0.717, 1.165) is 11.0 Å². The van der Waals surface area contributed by atoms with Crippen LogP contribution in [-0.2, 0) is 4.79 Å². The lowest BCUT2D eigenvalue weighted by Gasteiger charge is -2.05. The molecule has 0 unspecified atom stereocenters. The van der Waals surface area contributed by atoms with E-state index in [-0.39, 0.29) is 18.3 Å². The number of fused-ring (bicyclic) bond motifs is 1. The Morgan fingerprint density at radius 2 is 1.95 bits per heavy atom. The SMILES string of the molecule is O=C(COc1ccc(F)cc1)Nc1nc2ccccc2[nH]1. The third-order valence-electron chi connectivity index (χ3n) is 2.83. The fraction of sp³-hybridized carbons (Fsp3) is 0.0667. The van der Waals surface area contributed by atoms with E-state index in [1.165, 1.54) is 24.3 Å². The van der Waals surface area contributed by atoms with Crippen molar-refractivity contribution in [3.05, 3.63) is 54.3 Å². The molecule has 1 amide bonds. The molecule has 1 heterocycles. The highest BCUT2D eigenvalue weighted by atomic mass is 19.1. The molecule has 5 nitrogen and oxygen atoms in total. The van der Waals surface area contributed by atoms with E-state index in [1.54, 1.807) is 0 Å². The van der Waals surface area contributed by atoms with Crippen LogP contribution in [0.3, 0.4) is 0 Å². The molecule has 2 aromatic carbocycles. The predicted molar refractivity (Wildman–Crippen MR) is 76.6 cm³/mol. The number of hydrogen-bond donors (Lipinski definition) is 2. The van der Waals surface area contributed by atoms with Crippen LogP contribution >= 0.6 is 0 Å². The number of para-hydroxylation sites is 2. The predicted octanol–water partition coefficient (Wildman–Crippen LogP) is 2.72. The summed E-state index contributed by atoms with van der Waals surface area (Å²) in [5.74, 6) is 0.0903. The molecule has 0 fully saturated rings. The number of benzene rings is 2. The van der Waals surface area contributed by atoms with Crippen molar-refractivity contribution in [3.8, 4) is 5.75 Å². The Morgan fingerprint density at radius 1 is 1.19 bits per heavy atom. The second-order valence-electron chi connectivity index (χ2n) is 4.39. The Labute approximate surface area is 119 Å². The van der Waals surface area contributed by atoms with Gasteiger partial charge in [0.1, 0.15) is 11.6 Å². The average Bonchev–Trinajstić information content (AvgIpc) is 2.88. The van der Waals surface area contributed by atoms with E-state index in [9.17, 15) is 9.18 Å². The standard InChI is InChI=1S/C15H12FN3O2/c16-10-5-7-11(8-6-10)21-9-14(20)19-15-17-12-3-1-2-4-13(12)18-15/h1-8H,9H2,(H2,17,18,19,20). The maximum Gasteiger partial charge on any atom is 0.264 e. The highest BCUT2D eigenvalue weighted by Gasteiger charge is 2.07. The summed E-state index contributed by atoms with van der Waals surface area (Å²) >= 11 is 0. The molecule has 1 aromatic heterocycles. The average molecular weight is 285 g/mol. The van der Waals surface area contributed by atoms with E-state index < -0.39 is 0 Å². The van der Waals surface area contributed by atoms with Crippen LogP contribution < -0.4 is 10.1 Å². The van der Waals surface area contributed by atoms with E-state index in [2.05, 4.69) is 15.3 Å². The number of hydrogen-bond acceptors (Lipinski definition) is 3. The highest BCUT2D eigenvalue weighted by Crippen LogP contribution is 2.14. The molecule has 106 valence electrons. The first kappa shape index (κ1) is 13.1. The molecule has 0 bridgehead atoms. The first-order chi connectivity index (χ1) is 10.2. The second-order valence-corrected chi connectivity index (χ2v) is 4.39. The smallest absolute Gasteiger partial charge is 0.264 e. The van der Waals surface area contributed by atoms with Gasteiger partial charge < -0.3 is 9.72 Å². The molecular formula is C15H12FN3O2. The van der Waals surface area contributed by atoms with E-state index >= 15 is 0 Å². The number of amides is 1. The molecule has 0 radical (unpaired) electrons. The molecule has 0 saturated carbocycles. The Balaban J connectivity index is 1.59. The molecule has 0 saturated heterocycles. The summed E-state index contributed by atoms with van der Waals surface area (Å²) in [7, 11) is 0. The topological polar surface area (TPSA) is 67.0 Å². The van der Waals surface area contributed by atoms with Gasteiger partial charge in [0.2, 0.25) is 5.95 Å². The van der Waals surface area contributed by atoms with Crippen molar-refractivity contribution in [2.45, 2.75) is 0 Å².